The molecule has 21 heavy (non-hydrogen) atoms. The van der Waals surface area contributed by atoms with Crippen LogP contribution in [-0.2, 0) is 4.74 Å². The number of hydrogen-bond donors (Lipinski definition) is 1. The number of rotatable bonds is 5. The predicted molar refractivity (Wildman–Crippen MR) is 75.4 cm³/mol. The summed E-state index contributed by atoms with van der Waals surface area (Å²) in [6, 6.07) is 5.11. The number of nitrogens with two attached hydrogens (primary N) is 1. The average Bonchev–Trinajstić information content (AvgIpc) is 2.88. The third kappa shape index (κ3) is 2.91. The molecule has 0 saturated heterocycles. The Balaban J connectivity index is 2.43. The maximum atomic E-state index is 11.7. The van der Waals surface area contributed by atoms with Crippen molar-refractivity contribution in [3.05, 3.63) is 23.9 Å². The summed E-state index contributed by atoms with van der Waals surface area (Å²) in [5, 5.41) is 0. The van der Waals surface area contributed by atoms with E-state index < -0.39 is 5.97 Å². The van der Waals surface area contributed by atoms with Gasteiger partial charge in [0.1, 0.15) is 11.5 Å². The molecule has 2 rings (SSSR count). The third-order valence-corrected chi connectivity index (χ3v) is 2.76. The molecule has 0 spiro atoms. The van der Waals surface area contributed by atoms with Crippen LogP contribution in [0.3, 0.4) is 0 Å². The van der Waals surface area contributed by atoms with Crippen molar-refractivity contribution in [2.24, 2.45) is 0 Å². The van der Waals surface area contributed by atoms with Crippen LogP contribution in [0.15, 0.2) is 22.6 Å². The number of anilines is 1. The number of nitrogen functional groups attached to an aromatic ring is 1. The fourth-order valence-corrected chi connectivity index (χ4v) is 1.77. The zero-order chi connectivity index (χ0) is 15.4. The predicted octanol–water partition coefficient (Wildman–Crippen LogP) is 2.12. The van der Waals surface area contributed by atoms with Crippen molar-refractivity contribution in [1.29, 1.82) is 0 Å². The van der Waals surface area contributed by atoms with Crippen LogP contribution in [-0.4, -0.2) is 31.8 Å². The minimum Gasteiger partial charge on any atom is -0.497 e. The van der Waals surface area contributed by atoms with Gasteiger partial charge >= 0.3 is 5.97 Å². The normalized spacial score (nSPS) is 10.2. The molecule has 7 heteroatoms. The first-order chi connectivity index (χ1) is 10.1. The number of ether oxygens (including phenoxy) is 3. The number of aromatic nitrogens is 1. The summed E-state index contributed by atoms with van der Waals surface area (Å²) in [6.45, 7) is 1.92. The Morgan fingerprint density at radius 1 is 1.33 bits per heavy atom. The van der Waals surface area contributed by atoms with Crippen LogP contribution in [0.5, 0.6) is 11.5 Å². The summed E-state index contributed by atoms with van der Waals surface area (Å²) >= 11 is 0. The van der Waals surface area contributed by atoms with Gasteiger partial charge in [-0.05, 0) is 19.1 Å². The van der Waals surface area contributed by atoms with Gasteiger partial charge in [0.2, 0.25) is 17.5 Å². The second-order valence-electron chi connectivity index (χ2n) is 4.02. The lowest BCUT2D eigenvalue weighted by Gasteiger charge is -2.07. The molecule has 112 valence electrons. The van der Waals surface area contributed by atoms with E-state index in [0.29, 0.717) is 17.1 Å². The number of carbonyl (C=O) groups is 1. The highest BCUT2D eigenvalue weighted by Crippen LogP contribution is 2.34. The molecule has 1 aromatic heterocycles. The number of nitrogens with zero attached hydrogens (tertiary/aromatic N) is 1. The van der Waals surface area contributed by atoms with E-state index in [1.807, 2.05) is 0 Å². The molecule has 1 heterocycles. The summed E-state index contributed by atoms with van der Waals surface area (Å²) < 4.78 is 20.6. The van der Waals surface area contributed by atoms with Crippen molar-refractivity contribution in [3.63, 3.8) is 0 Å². The maximum absolute atomic E-state index is 11.7. The van der Waals surface area contributed by atoms with E-state index in [4.69, 9.17) is 24.4 Å². The first kappa shape index (κ1) is 14.7. The Kier molecular flexibility index (Phi) is 4.32. The van der Waals surface area contributed by atoms with Crippen molar-refractivity contribution in [1.82, 2.24) is 4.98 Å². The zero-order valence-electron chi connectivity index (χ0n) is 12.0. The largest absolute Gasteiger partial charge is 0.497 e. The van der Waals surface area contributed by atoms with Gasteiger partial charge in [0, 0.05) is 6.07 Å². The monoisotopic (exact) mass is 292 g/mol. The van der Waals surface area contributed by atoms with Gasteiger partial charge < -0.3 is 24.4 Å². The second-order valence-corrected chi connectivity index (χ2v) is 4.02. The van der Waals surface area contributed by atoms with Gasteiger partial charge in [-0.3, -0.25) is 0 Å². The number of carbonyl (C=O) groups excluding carboxylic acids is 1. The van der Waals surface area contributed by atoms with E-state index in [1.54, 1.807) is 32.2 Å². The van der Waals surface area contributed by atoms with Crippen LogP contribution in [0, 0.1) is 0 Å². The molecular formula is C14H16N2O5. The van der Waals surface area contributed by atoms with Crippen LogP contribution < -0.4 is 15.2 Å². The molecule has 0 amide bonds. The number of esters is 1. The highest BCUT2D eigenvalue weighted by atomic mass is 16.5. The van der Waals surface area contributed by atoms with Gasteiger partial charge in [0.05, 0.1) is 26.4 Å². The van der Waals surface area contributed by atoms with Gasteiger partial charge in [-0.15, -0.1) is 0 Å². The number of hydrogen-bond acceptors (Lipinski definition) is 7. The zero-order valence-corrected chi connectivity index (χ0v) is 12.0. The van der Waals surface area contributed by atoms with E-state index in [9.17, 15) is 4.79 Å². The molecule has 0 aliphatic carbocycles. The topological polar surface area (TPSA) is 96.8 Å². The molecule has 0 aliphatic rings. The second kappa shape index (κ2) is 6.17. The van der Waals surface area contributed by atoms with E-state index in [1.165, 1.54) is 7.11 Å². The molecule has 0 radical (unpaired) electrons. The molecule has 0 atom stereocenters. The fraction of sp³-hybridized carbons (Fsp3) is 0.286. The molecular weight excluding hydrogens is 276 g/mol. The van der Waals surface area contributed by atoms with Crippen molar-refractivity contribution in [3.8, 4) is 23.0 Å². The van der Waals surface area contributed by atoms with Crippen molar-refractivity contribution in [2.75, 3.05) is 26.6 Å². The highest BCUT2D eigenvalue weighted by Gasteiger charge is 2.22. The number of benzene rings is 1. The minimum atomic E-state index is -0.627. The molecule has 0 unspecified atom stereocenters. The summed E-state index contributed by atoms with van der Waals surface area (Å²) in [6.07, 6.45) is 0. The maximum Gasteiger partial charge on any atom is 0.362 e. The molecule has 0 bridgehead atoms. The molecule has 2 N–H and O–H groups in total. The van der Waals surface area contributed by atoms with Gasteiger partial charge in [0.15, 0.2) is 0 Å². The Morgan fingerprint density at radius 2 is 2.10 bits per heavy atom. The van der Waals surface area contributed by atoms with E-state index >= 15 is 0 Å². The highest BCUT2D eigenvalue weighted by molar-refractivity contribution is 5.92. The number of oxazole rings is 1. The number of methoxy groups -OCH3 is 2. The average molecular weight is 292 g/mol. The van der Waals surface area contributed by atoms with Crippen LogP contribution in [0.25, 0.3) is 11.5 Å². The van der Waals surface area contributed by atoms with Crippen LogP contribution in [0.1, 0.15) is 17.4 Å². The molecule has 7 nitrogen and oxygen atoms in total. The summed E-state index contributed by atoms with van der Waals surface area (Å²) in [4.78, 5) is 15.8. The third-order valence-electron chi connectivity index (χ3n) is 2.76. The smallest absolute Gasteiger partial charge is 0.362 e. The Morgan fingerprint density at radius 3 is 2.71 bits per heavy atom. The first-order valence-corrected chi connectivity index (χ1v) is 6.26. The van der Waals surface area contributed by atoms with Gasteiger partial charge in [-0.2, -0.15) is 4.98 Å². The van der Waals surface area contributed by atoms with Gasteiger partial charge in [0.25, 0.3) is 0 Å². The van der Waals surface area contributed by atoms with Gasteiger partial charge in [-0.25, -0.2) is 4.79 Å². The SMILES string of the molecule is CCOC(=O)c1nc(-c2ccc(OC)cc2OC)oc1N. The minimum absolute atomic E-state index is 0.0512. The lowest BCUT2D eigenvalue weighted by molar-refractivity contribution is 0.0521. The van der Waals surface area contributed by atoms with Crippen molar-refractivity contribution >= 4 is 11.9 Å². The van der Waals surface area contributed by atoms with Crippen LogP contribution in [0.2, 0.25) is 0 Å². The molecule has 1 aromatic carbocycles. The first-order valence-electron chi connectivity index (χ1n) is 6.26. The fourth-order valence-electron chi connectivity index (χ4n) is 1.77. The van der Waals surface area contributed by atoms with Gasteiger partial charge in [-0.1, -0.05) is 0 Å². The Hall–Kier alpha value is -2.70. The van der Waals surface area contributed by atoms with E-state index in [0.717, 1.165) is 0 Å². The molecule has 0 saturated carbocycles. The lowest BCUT2D eigenvalue weighted by Crippen LogP contribution is -2.07. The van der Waals surface area contributed by atoms with Crippen molar-refractivity contribution in [2.45, 2.75) is 6.92 Å². The summed E-state index contributed by atoms with van der Waals surface area (Å²) in [5.74, 6) is 0.570. The molecule has 0 fully saturated rings. The Bertz CT molecular complexity index is 651. The Labute approximate surface area is 121 Å². The molecule has 2 aromatic rings. The van der Waals surface area contributed by atoms with E-state index in [2.05, 4.69) is 4.98 Å². The van der Waals surface area contributed by atoms with Crippen LogP contribution in [0.4, 0.5) is 5.88 Å². The lowest BCUT2D eigenvalue weighted by atomic mass is 10.2. The van der Waals surface area contributed by atoms with Crippen molar-refractivity contribution < 1.29 is 23.4 Å². The van der Waals surface area contributed by atoms with Crippen LogP contribution >= 0.6 is 0 Å². The quantitative estimate of drug-likeness (QED) is 0.843. The summed E-state index contributed by atoms with van der Waals surface area (Å²) in [7, 11) is 3.06. The standard InChI is InChI=1S/C14H16N2O5/c1-4-20-14(17)11-12(15)21-13(16-11)9-6-5-8(18-2)7-10(9)19-3/h5-7H,4,15H2,1-3H3. The van der Waals surface area contributed by atoms with E-state index in [-0.39, 0.29) is 24.1 Å². The summed E-state index contributed by atoms with van der Waals surface area (Å²) in [5.41, 5.74) is 6.17. The molecule has 0 aliphatic heterocycles.